The van der Waals surface area contributed by atoms with Crippen LogP contribution in [-0.2, 0) is 4.79 Å². The number of allylic oxidation sites excluding steroid dienone is 4. The quantitative estimate of drug-likeness (QED) is 0.534. The average molecular weight is 162 g/mol. The first-order valence-corrected chi connectivity index (χ1v) is 4.62. The van der Waals surface area contributed by atoms with Crippen LogP contribution in [-0.4, -0.2) is 5.78 Å². The molecule has 1 fully saturated rings. The van der Waals surface area contributed by atoms with Gasteiger partial charge in [0.2, 0.25) is 0 Å². The summed E-state index contributed by atoms with van der Waals surface area (Å²) in [6.07, 6.45) is 6.83. The third-order valence-electron chi connectivity index (χ3n) is 3.23. The zero-order chi connectivity index (χ0) is 8.72. The van der Waals surface area contributed by atoms with Crippen LogP contribution < -0.4 is 0 Å². The smallest absolute Gasteiger partial charge is 0.178 e. The van der Waals surface area contributed by atoms with Gasteiger partial charge in [0.15, 0.2) is 5.78 Å². The number of hydrogen-bond acceptors (Lipinski definition) is 1. The Bertz CT molecular complexity index is 273. The van der Waals surface area contributed by atoms with Crippen molar-refractivity contribution in [3.63, 3.8) is 0 Å². The van der Waals surface area contributed by atoms with E-state index in [9.17, 15) is 4.79 Å². The minimum absolute atomic E-state index is 0.169. The lowest BCUT2D eigenvalue weighted by Gasteiger charge is -2.13. The summed E-state index contributed by atoms with van der Waals surface area (Å²) in [7, 11) is 0. The number of hydrogen-bond donors (Lipinski definition) is 0. The SMILES string of the molecule is CC1CC2C=CC(=O)C=C2C1C. The van der Waals surface area contributed by atoms with Gasteiger partial charge in [-0.15, -0.1) is 0 Å². The minimum atomic E-state index is 0.169. The Morgan fingerprint density at radius 2 is 2.17 bits per heavy atom. The molecule has 0 amide bonds. The lowest BCUT2D eigenvalue weighted by atomic mass is 9.91. The number of rotatable bonds is 0. The topological polar surface area (TPSA) is 17.1 Å². The molecule has 0 spiro atoms. The average Bonchev–Trinajstić information content (AvgIpc) is 2.31. The number of carbonyl (C=O) groups is 1. The van der Waals surface area contributed by atoms with Crippen LogP contribution in [0.1, 0.15) is 20.3 Å². The summed E-state index contributed by atoms with van der Waals surface area (Å²) in [6.45, 7) is 4.49. The fraction of sp³-hybridized carbons (Fsp3) is 0.545. The zero-order valence-electron chi connectivity index (χ0n) is 7.58. The van der Waals surface area contributed by atoms with E-state index >= 15 is 0 Å². The molecule has 2 rings (SSSR count). The molecule has 1 nitrogen and oxygen atoms in total. The largest absolute Gasteiger partial charge is 0.290 e. The van der Waals surface area contributed by atoms with Crippen molar-refractivity contribution in [3.05, 3.63) is 23.8 Å². The molecular formula is C11H14O. The predicted octanol–water partition coefficient (Wildman–Crippen LogP) is 2.34. The molecule has 3 unspecified atom stereocenters. The number of carbonyl (C=O) groups excluding carboxylic acids is 1. The van der Waals surface area contributed by atoms with Gasteiger partial charge in [-0.3, -0.25) is 4.79 Å². The second-order valence-electron chi connectivity index (χ2n) is 4.01. The fourth-order valence-electron chi connectivity index (χ4n) is 2.26. The van der Waals surface area contributed by atoms with Crippen molar-refractivity contribution in [2.24, 2.45) is 17.8 Å². The maximum absolute atomic E-state index is 11.1. The van der Waals surface area contributed by atoms with Crippen LogP contribution in [0.2, 0.25) is 0 Å². The lowest BCUT2D eigenvalue weighted by Crippen LogP contribution is -2.06. The summed E-state index contributed by atoms with van der Waals surface area (Å²) in [4.78, 5) is 11.1. The van der Waals surface area contributed by atoms with Gasteiger partial charge < -0.3 is 0 Å². The van der Waals surface area contributed by atoms with Crippen LogP contribution in [0, 0.1) is 17.8 Å². The van der Waals surface area contributed by atoms with Crippen LogP contribution in [0.3, 0.4) is 0 Å². The molecular weight excluding hydrogens is 148 g/mol. The first-order valence-electron chi connectivity index (χ1n) is 4.62. The fourth-order valence-corrected chi connectivity index (χ4v) is 2.26. The van der Waals surface area contributed by atoms with E-state index in [1.165, 1.54) is 12.0 Å². The van der Waals surface area contributed by atoms with E-state index in [4.69, 9.17) is 0 Å². The van der Waals surface area contributed by atoms with Gasteiger partial charge in [-0.2, -0.15) is 0 Å². The molecule has 0 heterocycles. The standard InChI is InChI=1S/C11H14O/c1-7-5-9-3-4-10(12)6-11(9)8(7)2/h3-4,6-9H,5H2,1-2H3. The van der Waals surface area contributed by atoms with E-state index < -0.39 is 0 Å². The third kappa shape index (κ3) is 1.04. The molecule has 64 valence electrons. The molecule has 0 radical (unpaired) electrons. The first-order chi connectivity index (χ1) is 5.68. The van der Waals surface area contributed by atoms with Crippen molar-refractivity contribution >= 4 is 5.78 Å². The Balaban J connectivity index is 2.32. The molecule has 0 aromatic rings. The van der Waals surface area contributed by atoms with E-state index in [-0.39, 0.29) is 5.78 Å². The molecule has 0 aliphatic heterocycles. The lowest BCUT2D eigenvalue weighted by molar-refractivity contribution is -0.110. The van der Waals surface area contributed by atoms with E-state index in [1.807, 2.05) is 6.08 Å². The summed E-state index contributed by atoms with van der Waals surface area (Å²) in [5.41, 5.74) is 1.36. The van der Waals surface area contributed by atoms with Crippen molar-refractivity contribution in [2.75, 3.05) is 0 Å². The van der Waals surface area contributed by atoms with Gasteiger partial charge in [0.05, 0.1) is 0 Å². The maximum Gasteiger partial charge on any atom is 0.178 e. The van der Waals surface area contributed by atoms with E-state index in [0.29, 0.717) is 11.8 Å². The molecule has 0 saturated heterocycles. The molecule has 0 N–H and O–H groups in total. The second-order valence-corrected chi connectivity index (χ2v) is 4.01. The predicted molar refractivity (Wildman–Crippen MR) is 48.7 cm³/mol. The second kappa shape index (κ2) is 2.58. The number of fused-ring (bicyclic) bond motifs is 1. The molecule has 1 saturated carbocycles. The molecule has 2 aliphatic rings. The van der Waals surface area contributed by atoms with Crippen molar-refractivity contribution < 1.29 is 4.79 Å². The summed E-state index contributed by atoms with van der Waals surface area (Å²) in [5.74, 6) is 2.07. The molecule has 0 aromatic carbocycles. The summed E-state index contributed by atoms with van der Waals surface area (Å²) in [5, 5.41) is 0. The Kier molecular flexibility index (Phi) is 1.67. The van der Waals surface area contributed by atoms with Crippen LogP contribution >= 0.6 is 0 Å². The Morgan fingerprint density at radius 1 is 1.42 bits per heavy atom. The van der Waals surface area contributed by atoms with Gasteiger partial charge in [-0.1, -0.05) is 25.5 Å². The van der Waals surface area contributed by atoms with Gasteiger partial charge >= 0.3 is 0 Å². The number of ketones is 1. The van der Waals surface area contributed by atoms with Crippen molar-refractivity contribution in [3.8, 4) is 0 Å². The molecule has 0 bridgehead atoms. The molecule has 2 aliphatic carbocycles. The third-order valence-corrected chi connectivity index (χ3v) is 3.23. The summed E-state index contributed by atoms with van der Waals surface area (Å²) in [6, 6.07) is 0. The highest BCUT2D eigenvalue weighted by Crippen LogP contribution is 2.42. The zero-order valence-corrected chi connectivity index (χ0v) is 7.58. The van der Waals surface area contributed by atoms with Gasteiger partial charge in [0.1, 0.15) is 0 Å². The maximum atomic E-state index is 11.1. The van der Waals surface area contributed by atoms with Gasteiger partial charge in [-0.25, -0.2) is 0 Å². The minimum Gasteiger partial charge on any atom is -0.290 e. The van der Waals surface area contributed by atoms with Crippen molar-refractivity contribution in [2.45, 2.75) is 20.3 Å². The molecule has 1 heteroatoms. The normalized spacial score (nSPS) is 39.7. The van der Waals surface area contributed by atoms with E-state index in [0.717, 1.165) is 5.92 Å². The van der Waals surface area contributed by atoms with Crippen LogP contribution in [0.5, 0.6) is 0 Å². The van der Waals surface area contributed by atoms with Crippen molar-refractivity contribution in [1.29, 1.82) is 0 Å². The van der Waals surface area contributed by atoms with Gasteiger partial charge in [0, 0.05) is 0 Å². The van der Waals surface area contributed by atoms with E-state index in [2.05, 4.69) is 19.9 Å². The first kappa shape index (κ1) is 7.78. The van der Waals surface area contributed by atoms with Crippen molar-refractivity contribution in [1.82, 2.24) is 0 Å². The molecule has 3 atom stereocenters. The summed E-state index contributed by atoms with van der Waals surface area (Å²) >= 11 is 0. The Morgan fingerprint density at radius 3 is 2.92 bits per heavy atom. The summed E-state index contributed by atoms with van der Waals surface area (Å²) < 4.78 is 0. The Hall–Kier alpha value is -0.850. The van der Waals surface area contributed by atoms with Crippen LogP contribution in [0.15, 0.2) is 23.8 Å². The molecule has 12 heavy (non-hydrogen) atoms. The molecule has 0 aromatic heterocycles. The monoisotopic (exact) mass is 162 g/mol. The highest BCUT2D eigenvalue weighted by Gasteiger charge is 2.33. The van der Waals surface area contributed by atoms with Gasteiger partial charge in [-0.05, 0) is 36.3 Å². The highest BCUT2D eigenvalue weighted by molar-refractivity contribution is 6.01. The van der Waals surface area contributed by atoms with Crippen LogP contribution in [0.4, 0.5) is 0 Å². The Labute approximate surface area is 73.2 Å². The van der Waals surface area contributed by atoms with Crippen LogP contribution in [0.25, 0.3) is 0 Å². The highest BCUT2D eigenvalue weighted by atomic mass is 16.1. The van der Waals surface area contributed by atoms with Gasteiger partial charge in [0.25, 0.3) is 0 Å². The van der Waals surface area contributed by atoms with E-state index in [1.54, 1.807) is 6.08 Å².